The van der Waals surface area contributed by atoms with E-state index in [9.17, 15) is 0 Å². The monoisotopic (exact) mass is 240 g/mol. The van der Waals surface area contributed by atoms with Crippen LogP contribution in [-0.2, 0) is 6.54 Å². The standard InChI is InChI=1S/C11H10Cl2N2/c12-8-3-4-9-7(11(8)13)6-15-5-1-2-10(15)14-9/h3-4H,1-2,5-6H2. The van der Waals surface area contributed by atoms with Crippen molar-refractivity contribution in [2.45, 2.75) is 19.4 Å². The van der Waals surface area contributed by atoms with Crippen LogP contribution in [0.15, 0.2) is 17.1 Å². The van der Waals surface area contributed by atoms with E-state index in [2.05, 4.69) is 9.89 Å². The van der Waals surface area contributed by atoms with Crippen molar-refractivity contribution in [3.05, 3.63) is 27.7 Å². The van der Waals surface area contributed by atoms with Crippen LogP contribution < -0.4 is 0 Å². The number of hydrogen-bond acceptors (Lipinski definition) is 2. The molecule has 0 spiro atoms. The van der Waals surface area contributed by atoms with E-state index in [0.29, 0.717) is 10.0 Å². The Morgan fingerprint density at radius 3 is 3.00 bits per heavy atom. The van der Waals surface area contributed by atoms with Crippen LogP contribution in [0.5, 0.6) is 0 Å². The van der Waals surface area contributed by atoms with Gasteiger partial charge in [-0.25, -0.2) is 4.99 Å². The molecule has 0 amide bonds. The molecule has 0 aromatic heterocycles. The van der Waals surface area contributed by atoms with Crippen molar-refractivity contribution < 1.29 is 0 Å². The van der Waals surface area contributed by atoms with E-state index in [1.165, 1.54) is 12.3 Å². The molecule has 0 unspecified atom stereocenters. The van der Waals surface area contributed by atoms with Gasteiger partial charge in [-0.05, 0) is 18.6 Å². The topological polar surface area (TPSA) is 15.6 Å². The Morgan fingerprint density at radius 2 is 2.13 bits per heavy atom. The smallest absolute Gasteiger partial charge is 0.105 e. The molecule has 0 aliphatic carbocycles. The van der Waals surface area contributed by atoms with Crippen LogP contribution in [0.4, 0.5) is 5.69 Å². The largest absolute Gasteiger partial charge is 0.356 e. The summed E-state index contributed by atoms with van der Waals surface area (Å²) in [5.74, 6) is 1.20. The van der Waals surface area contributed by atoms with E-state index in [1.54, 1.807) is 0 Å². The van der Waals surface area contributed by atoms with Crippen LogP contribution in [0.1, 0.15) is 18.4 Å². The third kappa shape index (κ3) is 1.44. The molecule has 15 heavy (non-hydrogen) atoms. The second-order valence-electron chi connectivity index (χ2n) is 3.91. The zero-order valence-corrected chi connectivity index (χ0v) is 9.65. The lowest BCUT2D eigenvalue weighted by Gasteiger charge is -2.25. The fraction of sp³-hybridized carbons (Fsp3) is 0.364. The number of amidine groups is 1. The van der Waals surface area contributed by atoms with Crippen LogP contribution >= 0.6 is 23.2 Å². The second-order valence-corrected chi connectivity index (χ2v) is 4.70. The molecule has 0 saturated carbocycles. The number of hydrogen-bond donors (Lipinski definition) is 0. The first-order valence-electron chi connectivity index (χ1n) is 5.05. The molecule has 1 aromatic rings. The summed E-state index contributed by atoms with van der Waals surface area (Å²) >= 11 is 12.2. The van der Waals surface area contributed by atoms with Gasteiger partial charge in [-0.1, -0.05) is 23.2 Å². The van der Waals surface area contributed by atoms with E-state index >= 15 is 0 Å². The molecule has 1 saturated heterocycles. The van der Waals surface area contributed by atoms with Gasteiger partial charge in [-0.2, -0.15) is 0 Å². The minimum atomic E-state index is 0.619. The summed E-state index contributed by atoms with van der Waals surface area (Å²) in [6, 6.07) is 3.77. The zero-order chi connectivity index (χ0) is 10.4. The van der Waals surface area contributed by atoms with Gasteiger partial charge >= 0.3 is 0 Å². The number of nitrogens with zero attached hydrogens (tertiary/aromatic N) is 2. The number of fused-ring (bicyclic) bond motifs is 2. The molecule has 4 heteroatoms. The summed E-state index contributed by atoms with van der Waals surface area (Å²) in [6.45, 7) is 1.94. The molecule has 0 atom stereocenters. The Balaban J connectivity index is 2.14. The van der Waals surface area contributed by atoms with E-state index in [-0.39, 0.29) is 0 Å². The summed E-state index contributed by atoms with van der Waals surface area (Å²) in [6.07, 6.45) is 2.28. The van der Waals surface area contributed by atoms with Crippen LogP contribution in [0.3, 0.4) is 0 Å². The molecule has 0 radical (unpaired) electrons. The first kappa shape index (κ1) is 9.49. The molecule has 1 aromatic carbocycles. The van der Waals surface area contributed by atoms with Crippen molar-refractivity contribution in [3.63, 3.8) is 0 Å². The van der Waals surface area contributed by atoms with Crippen molar-refractivity contribution >= 4 is 34.7 Å². The van der Waals surface area contributed by atoms with Gasteiger partial charge < -0.3 is 4.90 Å². The molecule has 1 fully saturated rings. The van der Waals surface area contributed by atoms with Gasteiger partial charge in [-0.15, -0.1) is 0 Å². The fourth-order valence-corrected chi connectivity index (χ4v) is 2.58. The van der Waals surface area contributed by atoms with Crippen molar-refractivity contribution in [2.75, 3.05) is 6.54 Å². The minimum Gasteiger partial charge on any atom is -0.356 e. The van der Waals surface area contributed by atoms with Gasteiger partial charge in [0.05, 0.1) is 15.7 Å². The van der Waals surface area contributed by atoms with E-state index in [1.807, 2.05) is 12.1 Å². The van der Waals surface area contributed by atoms with Crippen LogP contribution in [-0.4, -0.2) is 17.3 Å². The molecule has 3 rings (SSSR count). The highest BCUT2D eigenvalue weighted by atomic mass is 35.5. The molecule has 0 N–H and O–H groups in total. The van der Waals surface area contributed by atoms with Crippen molar-refractivity contribution in [3.8, 4) is 0 Å². The van der Waals surface area contributed by atoms with Crippen LogP contribution in [0, 0.1) is 0 Å². The lowest BCUT2D eigenvalue weighted by atomic mass is 10.1. The maximum absolute atomic E-state index is 6.17. The van der Waals surface area contributed by atoms with Crippen LogP contribution in [0.2, 0.25) is 10.0 Å². The minimum absolute atomic E-state index is 0.619. The average molecular weight is 241 g/mol. The van der Waals surface area contributed by atoms with E-state index < -0.39 is 0 Å². The Bertz CT molecular complexity index is 454. The summed E-state index contributed by atoms with van der Waals surface area (Å²) in [4.78, 5) is 6.89. The molecular weight excluding hydrogens is 231 g/mol. The highest BCUT2D eigenvalue weighted by Gasteiger charge is 2.25. The molecule has 2 heterocycles. The zero-order valence-electron chi connectivity index (χ0n) is 8.13. The third-order valence-corrected chi connectivity index (χ3v) is 3.81. The van der Waals surface area contributed by atoms with Crippen molar-refractivity contribution in [1.82, 2.24) is 4.90 Å². The number of aliphatic imine (C=N–C) groups is 1. The third-order valence-electron chi connectivity index (χ3n) is 2.96. The fourth-order valence-electron chi connectivity index (χ4n) is 2.18. The maximum Gasteiger partial charge on any atom is 0.105 e. The molecular formula is C11H10Cl2N2. The average Bonchev–Trinajstić information content (AvgIpc) is 2.68. The number of benzene rings is 1. The number of halogens is 2. The normalized spacial score (nSPS) is 18.5. The summed E-state index contributed by atoms with van der Waals surface area (Å²) < 4.78 is 0. The first-order chi connectivity index (χ1) is 7.25. The van der Waals surface area contributed by atoms with E-state index in [4.69, 9.17) is 23.2 Å². The maximum atomic E-state index is 6.17. The molecule has 0 bridgehead atoms. The highest BCUT2D eigenvalue weighted by molar-refractivity contribution is 6.42. The summed E-state index contributed by atoms with van der Waals surface area (Å²) in [5.41, 5.74) is 2.05. The van der Waals surface area contributed by atoms with Gasteiger partial charge in [0.2, 0.25) is 0 Å². The Hall–Kier alpha value is -0.730. The van der Waals surface area contributed by atoms with Gasteiger partial charge in [-0.3, -0.25) is 0 Å². The summed E-state index contributed by atoms with van der Waals surface area (Å²) in [7, 11) is 0. The second kappa shape index (κ2) is 3.39. The van der Waals surface area contributed by atoms with Crippen molar-refractivity contribution in [1.29, 1.82) is 0 Å². The van der Waals surface area contributed by atoms with Crippen LogP contribution in [0.25, 0.3) is 0 Å². The van der Waals surface area contributed by atoms with Gasteiger partial charge in [0, 0.05) is 25.1 Å². The molecule has 2 aliphatic rings. The molecule has 2 nitrogen and oxygen atoms in total. The SMILES string of the molecule is Clc1ccc2c(c1Cl)CN1CCCC1=N2. The first-order valence-corrected chi connectivity index (χ1v) is 5.80. The Labute approximate surface area is 98.5 Å². The lowest BCUT2D eigenvalue weighted by Crippen LogP contribution is -2.27. The quantitative estimate of drug-likeness (QED) is 0.677. The summed E-state index contributed by atoms with van der Waals surface area (Å²) in [5, 5.41) is 1.28. The van der Waals surface area contributed by atoms with E-state index in [0.717, 1.165) is 30.8 Å². The molecule has 78 valence electrons. The predicted octanol–water partition coefficient (Wildman–Crippen LogP) is 3.63. The van der Waals surface area contributed by atoms with Gasteiger partial charge in [0.15, 0.2) is 0 Å². The Morgan fingerprint density at radius 1 is 1.27 bits per heavy atom. The number of rotatable bonds is 0. The van der Waals surface area contributed by atoms with Gasteiger partial charge in [0.1, 0.15) is 5.84 Å². The lowest BCUT2D eigenvalue weighted by molar-refractivity contribution is 0.443. The van der Waals surface area contributed by atoms with Gasteiger partial charge in [0.25, 0.3) is 0 Å². The Kier molecular flexibility index (Phi) is 2.15. The van der Waals surface area contributed by atoms with Crippen molar-refractivity contribution in [2.24, 2.45) is 4.99 Å². The predicted molar refractivity (Wildman–Crippen MR) is 63.2 cm³/mol. The highest BCUT2D eigenvalue weighted by Crippen LogP contribution is 2.38. The molecule has 2 aliphatic heterocycles.